The van der Waals surface area contributed by atoms with Crippen molar-refractivity contribution in [1.29, 1.82) is 0 Å². The van der Waals surface area contributed by atoms with Crippen molar-refractivity contribution < 1.29 is 9.84 Å². The lowest BCUT2D eigenvalue weighted by Crippen LogP contribution is -2.06. The van der Waals surface area contributed by atoms with Gasteiger partial charge in [0.15, 0.2) is 5.82 Å². The summed E-state index contributed by atoms with van der Waals surface area (Å²) >= 11 is 0. The molecule has 0 spiro atoms. The number of imidazole rings is 1. The number of nitrogen functional groups attached to an aromatic ring is 1. The van der Waals surface area contributed by atoms with Gasteiger partial charge in [-0.2, -0.15) is 0 Å². The molecule has 35 heavy (non-hydrogen) atoms. The molecule has 2 aromatic heterocycles. The maximum Gasteiger partial charge on any atom is 0.152 e. The Balaban J connectivity index is 1.74. The third kappa shape index (κ3) is 5.74. The molecule has 5 N–H and O–H groups in total. The zero-order chi connectivity index (χ0) is 24.8. The highest BCUT2D eigenvalue weighted by atomic mass is 16.5. The first-order chi connectivity index (χ1) is 17.0. The van der Waals surface area contributed by atoms with E-state index < -0.39 is 0 Å². The van der Waals surface area contributed by atoms with Gasteiger partial charge in [-0.15, -0.1) is 0 Å². The number of anilines is 1. The van der Waals surface area contributed by atoms with Gasteiger partial charge in [0.2, 0.25) is 0 Å². The van der Waals surface area contributed by atoms with Gasteiger partial charge in [0.25, 0.3) is 0 Å². The van der Waals surface area contributed by atoms with Gasteiger partial charge in [-0.3, -0.25) is 0 Å². The molecule has 0 bridgehead atoms. The van der Waals surface area contributed by atoms with Crippen LogP contribution in [0.1, 0.15) is 55.1 Å². The molecule has 7 nitrogen and oxygen atoms in total. The van der Waals surface area contributed by atoms with E-state index in [4.69, 9.17) is 21.2 Å². The van der Waals surface area contributed by atoms with Crippen LogP contribution in [-0.4, -0.2) is 39.4 Å². The van der Waals surface area contributed by atoms with Crippen LogP contribution in [0.4, 0.5) is 5.82 Å². The number of aromatic nitrogens is 3. The molecule has 0 amide bonds. The topological polar surface area (TPSA) is 112 Å². The largest absolute Gasteiger partial charge is 0.508 e. The summed E-state index contributed by atoms with van der Waals surface area (Å²) in [6, 6.07) is 12.2. The molecule has 0 saturated carbocycles. The van der Waals surface area contributed by atoms with Crippen molar-refractivity contribution in [3.05, 3.63) is 58.9 Å². The monoisotopic (exact) mass is 475 g/mol. The summed E-state index contributed by atoms with van der Waals surface area (Å²) in [4.78, 5) is 9.64. The molecule has 0 atom stereocenters. The molecular formula is C28H37N5O2. The SMILES string of the molecule is CCCCc1nc2c(N)nc3ccc(CCCOCCCN)cc3c2n1Cc1ccc(O)c(C)c1. The standard InChI is InChI=1S/C28H37N5O2/c1-3-4-8-25-32-26-27(33(25)18-21-10-12-24(34)19(2)16-21)22-17-20(7-5-14-35-15-6-13-29)9-11-23(22)31-28(26)30/h9-12,16-17,34H,3-8,13-15,18,29H2,1-2H3,(H2,30,31). The number of benzene rings is 2. The number of nitrogens with two attached hydrogens (primary N) is 2. The molecule has 0 radical (unpaired) electrons. The molecule has 0 unspecified atom stereocenters. The summed E-state index contributed by atoms with van der Waals surface area (Å²) < 4.78 is 7.96. The number of rotatable bonds is 12. The molecule has 0 aliphatic rings. The number of fused-ring (bicyclic) bond motifs is 3. The Labute approximate surface area is 207 Å². The predicted octanol–water partition coefficient (Wildman–Crippen LogP) is 4.87. The number of hydrogen-bond donors (Lipinski definition) is 3. The van der Waals surface area contributed by atoms with E-state index >= 15 is 0 Å². The average molecular weight is 476 g/mol. The van der Waals surface area contributed by atoms with Gasteiger partial charge in [-0.25, -0.2) is 9.97 Å². The van der Waals surface area contributed by atoms with Crippen molar-refractivity contribution >= 4 is 27.8 Å². The van der Waals surface area contributed by atoms with Gasteiger partial charge >= 0.3 is 0 Å². The van der Waals surface area contributed by atoms with Gasteiger partial charge in [0, 0.05) is 31.6 Å². The van der Waals surface area contributed by atoms with Gasteiger partial charge in [0.05, 0.1) is 11.0 Å². The maximum atomic E-state index is 9.99. The van der Waals surface area contributed by atoms with Crippen LogP contribution in [0.2, 0.25) is 0 Å². The second kappa shape index (κ2) is 11.5. The van der Waals surface area contributed by atoms with Crippen molar-refractivity contribution in [2.24, 2.45) is 5.73 Å². The first-order valence-electron chi connectivity index (χ1n) is 12.6. The first kappa shape index (κ1) is 24.9. The van der Waals surface area contributed by atoms with Crippen LogP contribution in [-0.2, 0) is 24.1 Å². The third-order valence-electron chi connectivity index (χ3n) is 6.45. The zero-order valence-electron chi connectivity index (χ0n) is 20.9. The molecule has 186 valence electrons. The number of unbranched alkanes of at least 4 members (excludes halogenated alkanes) is 1. The number of aryl methyl sites for hydroxylation is 3. The van der Waals surface area contributed by atoms with E-state index in [0.29, 0.717) is 31.3 Å². The number of nitrogens with zero attached hydrogens (tertiary/aromatic N) is 3. The normalized spacial score (nSPS) is 11.6. The quantitative estimate of drug-likeness (QED) is 0.252. The number of hydrogen-bond acceptors (Lipinski definition) is 6. The van der Waals surface area contributed by atoms with Gasteiger partial charge < -0.3 is 25.9 Å². The minimum Gasteiger partial charge on any atom is -0.508 e. The molecule has 0 aliphatic heterocycles. The first-order valence-corrected chi connectivity index (χ1v) is 12.6. The van der Waals surface area contributed by atoms with Crippen molar-refractivity contribution in [1.82, 2.24) is 14.5 Å². The summed E-state index contributed by atoms with van der Waals surface area (Å²) in [6.45, 7) is 6.88. The fourth-order valence-electron chi connectivity index (χ4n) is 4.52. The lowest BCUT2D eigenvalue weighted by molar-refractivity contribution is 0.131. The van der Waals surface area contributed by atoms with Crippen molar-refractivity contribution in [3.63, 3.8) is 0 Å². The lowest BCUT2D eigenvalue weighted by Gasteiger charge is -2.13. The smallest absolute Gasteiger partial charge is 0.152 e. The predicted molar refractivity (Wildman–Crippen MR) is 143 cm³/mol. The Morgan fingerprint density at radius 3 is 2.54 bits per heavy atom. The average Bonchev–Trinajstić information content (AvgIpc) is 3.21. The van der Waals surface area contributed by atoms with Crippen molar-refractivity contribution in [2.75, 3.05) is 25.5 Å². The molecule has 4 rings (SSSR count). The third-order valence-corrected chi connectivity index (χ3v) is 6.45. The van der Waals surface area contributed by atoms with Crippen LogP contribution in [0, 0.1) is 6.92 Å². The van der Waals surface area contributed by atoms with E-state index in [2.05, 4.69) is 34.7 Å². The second-order valence-corrected chi connectivity index (χ2v) is 9.24. The summed E-state index contributed by atoms with van der Waals surface area (Å²) in [5.74, 6) is 1.80. The Morgan fingerprint density at radius 1 is 0.971 bits per heavy atom. The summed E-state index contributed by atoms with van der Waals surface area (Å²) in [6.07, 6.45) is 5.80. The second-order valence-electron chi connectivity index (χ2n) is 9.24. The van der Waals surface area contributed by atoms with Crippen LogP contribution in [0.3, 0.4) is 0 Å². The summed E-state index contributed by atoms with van der Waals surface area (Å²) in [7, 11) is 0. The molecule has 0 aliphatic carbocycles. The Kier molecular flexibility index (Phi) is 8.21. The lowest BCUT2D eigenvalue weighted by atomic mass is 10.1. The van der Waals surface area contributed by atoms with Crippen LogP contribution in [0.25, 0.3) is 21.9 Å². The van der Waals surface area contributed by atoms with Gasteiger partial charge in [-0.05, 0) is 74.0 Å². The van der Waals surface area contributed by atoms with E-state index in [1.165, 1.54) is 5.56 Å². The molecule has 4 aromatic rings. The fraction of sp³-hybridized carbons (Fsp3) is 0.429. The highest BCUT2D eigenvalue weighted by molar-refractivity contribution is 6.06. The van der Waals surface area contributed by atoms with Gasteiger partial charge in [0.1, 0.15) is 17.1 Å². The molecule has 2 aromatic carbocycles. The van der Waals surface area contributed by atoms with E-state index in [1.54, 1.807) is 6.07 Å². The van der Waals surface area contributed by atoms with Crippen LogP contribution >= 0.6 is 0 Å². The van der Waals surface area contributed by atoms with E-state index in [9.17, 15) is 5.11 Å². The summed E-state index contributed by atoms with van der Waals surface area (Å²) in [5, 5.41) is 11.1. The van der Waals surface area contributed by atoms with Crippen LogP contribution in [0.15, 0.2) is 36.4 Å². The highest BCUT2D eigenvalue weighted by Gasteiger charge is 2.18. The molecular weight excluding hydrogens is 438 g/mol. The molecule has 0 saturated heterocycles. The maximum absolute atomic E-state index is 9.99. The number of phenols is 1. The minimum atomic E-state index is 0.311. The number of phenolic OH excluding ortho intramolecular Hbond substituents is 1. The zero-order valence-corrected chi connectivity index (χ0v) is 20.9. The molecule has 2 heterocycles. The van der Waals surface area contributed by atoms with E-state index in [1.807, 2.05) is 19.1 Å². The van der Waals surface area contributed by atoms with Crippen LogP contribution < -0.4 is 11.5 Å². The minimum absolute atomic E-state index is 0.311. The van der Waals surface area contributed by atoms with Crippen molar-refractivity contribution in [3.8, 4) is 5.75 Å². The fourth-order valence-corrected chi connectivity index (χ4v) is 4.52. The highest BCUT2D eigenvalue weighted by Crippen LogP contribution is 2.31. The number of aromatic hydroxyl groups is 1. The summed E-state index contributed by atoms with van der Waals surface area (Å²) in [5.41, 5.74) is 17.8. The van der Waals surface area contributed by atoms with Crippen LogP contribution in [0.5, 0.6) is 5.75 Å². The molecule has 0 fully saturated rings. The number of pyridine rings is 1. The van der Waals surface area contributed by atoms with Gasteiger partial charge in [-0.1, -0.05) is 31.5 Å². The number of ether oxygens (including phenoxy) is 1. The Morgan fingerprint density at radius 2 is 1.77 bits per heavy atom. The van der Waals surface area contributed by atoms with E-state index in [0.717, 1.165) is 84.0 Å². The Bertz CT molecular complexity index is 1300. The van der Waals surface area contributed by atoms with Crippen molar-refractivity contribution in [2.45, 2.75) is 58.9 Å². The molecule has 7 heteroatoms. The Hall–Kier alpha value is -3.16. The van der Waals surface area contributed by atoms with E-state index in [-0.39, 0.29) is 0 Å².